The van der Waals surface area contributed by atoms with Gasteiger partial charge in [0.05, 0.1) is 27.1 Å². The van der Waals surface area contributed by atoms with E-state index in [2.05, 4.69) is 26.2 Å². The Morgan fingerprint density at radius 2 is 1.90 bits per heavy atom. The second-order valence-corrected chi connectivity index (χ2v) is 5.18. The fraction of sp³-hybridized carbons (Fsp3) is 0. The Morgan fingerprint density at radius 1 is 1.14 bits per heavy atom. The highest BCUT2D eigenvalue weighted by atomic mass is 79.9. The smallest absolute Gasteiger partial charge is 0.408 e. The van der Waals surface area contributed by atoms with Crippen LogP contribution in [0.2, 0.25) is 0 Å². The van der Waals surface area contributed by atoms with E-state index in [9.17, 15) is 13.6 Å². The minimum atomic E-state index is -0.650. The number of aromatic amines is 1. The number of nitrogen functional groups attached to an aromatic ring is 1. The van der Waals surface area contributed by atoms with Crippen LogP contribution in [0.15, 0.2) is 37.9 Å². The van der Waals surface area contributed by atoms with Crippen LogP contribution in [0.1, 0.15) is 0 Å². The van der Waals surface area contributed by atoms with E-state index in [-0.39, 0.29) is 21.4 Å². The number of hydrogen-bond acceptors (Lipinski definition) is 4. The summed E-state index contributed by atoms with van der Waals surface area (Å²) in [6, 6.07) is 4.91. The van der Waals surface area contributed by atoms with E-state index in [0.29, 0.717) is 11.2 Å². The second kappa shape index (κ2) is 4.88. The lowest BCUT2D eigenvalue weighted by Gasteiger charge is -2.10. The Morgan fingerprint density at radius 3 is 2.67 bits per heavy atom. The Hall–Kier alpha value is -2.35. The molecule has 21 heavy (non-hydrogen) atoms. The monoisotopic (exact) mass is 355 g/mol. The van der Waals surface area contributed by atoms with Crippen molar-refractivity contribution in [3.63, 3.8) is 0 Å². The van der Waals surface area contributed by atoms with Gasteiger partial charge in [-0.2, -0.15) is 0 Å². The molecule has 1 aromatic heterocycles. The second-order valence-electron chi connectivity index (χ2n) is 4.32. The standard InChI is InChI=1S/C13H8BrF2N3O2/c14-5-1-7(16)9(2-6(5)15)18-10-4-11-12(3-8(10)17)21-13(20)19-11/h1-4,18H,17H2,(H,19,20). The Balaban J connectivity index is 2.07. The zero-order valence-corrected chi connectivity index (χ0v) is 11.9. The van der Waals surface area contributed by atoms with Gasteiger partial charge in [-0.1, -0.05) is 0 Å². The molecule has 1 heterocycles. The maximum absolute atomic E-state index is 13.8. The van der Waals surface area contributed by atoms with Crippen molar-refractivity contribution < 1.29 is 13.2 Å². The molecule has 2 aromatic carbocycles. The van der Waals surface area contributed by atoms with Crippen molar-refractivity contribution in [2.45, 2.75) is 0 Å². The van der Waals surface area contributed by atoms with Crippen LogP contribution in [0.5, 0.6) is 0 Å². The molecule has 0 fully saturated rings. The van der Waals surface area contributed by atoms with Crippen LogP contribution in [-0.4, -0.2) is 4.98 Å². The normalized spacial score (nSPS) is 11.0. The third-order valence-corrected chi connectivity index (χ3v) is 3.48. The predicted molar refractivity (Wildman–Crippen MR) is 78.6 cm³/mol. The number of H-pyrrole nitrogens is 1. The van der Waals surface area contributed by atoms with E-state index in [1.807, 2.05) is 0 Å². The topological polar surface area (TPSA) is 84.0 Å². The van der Waals surface area contributed by atoms with Gasteiger partial charge in [-0.25, -0.2) is 13.6 Å². The van der Waals surface area contributed by atoms with Gasteiger partial charge in [0, 0.05) is 12.1 Å². The van der Waals surface area contributed by atoms with Gasteiger partial charge in [0.1, 0.15) is 11.6 Å². The van der Waals surface area contributed by atoms with Gasteiger partial charge in [-0.05, 0) is 28.1 Å². The molecular formula is C13H8BrF2N3O2. The molecule has 0 saturated carbocycles. The van der Waals surface area contributed by atoms with Crippen LogP contribution in [0.3, 0.4) is 0 Å². The number of nitrogens with one attached hydrogen (secondary N) is 2. The molecule has 0 aliphatic carbocycles. The summed E-state index contributed by atoms with van der Waals surface area (Å²) >= 11 is 2.90. The van der Waals surface area contributed by atoms with Crippen LogP contribution in [0, 0.1) is 11.6 Å². The highest BCUT2D eigenvalue weighted by Crippen LogP contribution is 2.30. The van der Waals surface area contributed by atoms with E-state index >= 15 is 0 Å². The van der Waals surface area contributed by atoms with Gasteiger partial charge in [0.2, 0.25) is 0 Å². The summed E-state index contributed by atoms with van der Waals surface area (Å²) in [5, 5.41) is 2.69. The lowest BCUT2D eigenvalue weighted by atomic mass is 10.2. The minimum Gasteiger partial charge on any atom is -0.408 e. The first kappa shape index (κ1) is 13.6. The fourth-order valence-corrected chi connectivity index (χ4v) is 2.20. The van der Waals surface area contributed by atoms with Crippen LogP contribution >= 0.6 is 15.9 Å². The van der Waals surface area contributed by atoms with Crippen molar-refractivity contribution in [2.75, 3.05) is 11.1 Å². The third-order valence-electron chi connectivity index (χ3n) is 2.87. The molecule has 0 bridgehead atoms. The van der Waals surface area contributed by atoms with E-state index in [1.54, 1.807) is 0 Å². The van der Waals surface area contributed by atoms with Gasteiger partial charge in [-0.3, -0.25) is 4.98 Å². The van der Waals surface area contributed by atoms with Crippen molar-refractivity contribution in [1.29, 1.82) is 0 Å². The summed E-state index contributed by atoms with van der Waals surface area (Å²) < 4.78 is 32.1. The molecule has 0 radical (unpaired) electrons. The molecule has 108 valence electrons. The first-order valence-electron chi connectivity index (χ1n) is 5.78. The summed E-state index contributed by atoms with van der Waals surface area (Å²) in [4.78, 5) is 13.6. The average Bonchev–Trinajstić information content (AvgIpc) is 2.75. The Kier molecular flexibility index (Phi) is 3.17. The van der Waals surface area contributed by atoms with Crippen LogP contribution in [0.25, 0.3) is 11.1 Å². The molecule has 4 N–H and O–H groups in total. The molecule has 5 nitrogen and oxygen atoms in total. The lowest BCUT2D eigenvalue weighted by molar-refractivity contribution is 0.555. The van der Waals surface area contributed by atoms with E-state index in [1.165, 1.54) is 12.1 Å². The molecule has 0 aliphatic heterocycles. The van der Waals surface area contributed by atoms with Gasteiger partial charge >= 0.3 is 5.76 Å². The van der Waals surface area contributed by atoms with Crippen LogP contribution in [0.4, 0.5) is 25.8 Å². The molecule has 0 saturated heterocycles. The fourth-order valence-electron chi connectivity index (χ4n) is 1.88. The lowest BCUT2D eigenvalue weighted by Crippen LogP contribution is -1.99. The molecule has 0 spiro atoms. The number of oxazole rings is 1. The average molecular weight is 356 g/mol. The van der Waals surface area contributed by atoms with Gasteiger partial charge in [0.15, 0.2) is 5.58 Å². The zero-order chi connectivity index (χ0) is 15.1. The van der Waals surface area contributed by atoms with Crippen molar-refractivity contribution in [3.05, 3.63) is 50.9 Å². The summed E-state index contributed by atoms with van der Waals surface area (Å²) in [7, 11) is 0. The molecule has 0 aliphatic rings. The zero-order valence-electron chi connectivity index (χ0n) is 10.3. The molecule has 0 atom stereocenters. The predicted octanol–water partition coefficient (Wildman–Crippen LogP) is 3.49. The summed E-state index contributed by atoms with van der Waals surface area (Å²) in [6.45, 7) is 0. The maximum Gasteiger partial charge on any atom is 0.417 e. The highest BCUT2D eigenvalue weighted by Gasteiger charge is 2.12. The van der Waals surface area contributed by atoms with Crippen molar-refractivity contribution in [1.82, 2.24) is 4.98 Å². The van der Waals surface area contributed by atoms with Gasteiger partial charge < -0.3 is 15.5 Å². The Bertz CT molecular complexity index is 904. The summed E-state index contributed by atoms with van der Waals surface area (Å²) in [6.07, 6.45) is 0. The SMILES string of the molecule is Nc1cc2oc(=O)[nH]c2cc1Nc1cc(F)c(Br)cc1F. The van der Waals surface area contributed by atoms with Gasteiger partial charge in [-0.15, -0.1) is 0 Å². The maximum atomic E-state index is 13.8. The first-order chi connectivity index (χ1) is 9.94. The summed E-state index contributed by atoms with van der Waals surface area (Å²) in [5.74, 6) is -1.89. The van der Waals surface area contributed by atoms with Crippen molar-refractivity contribution >= 4 is 44.1 Å². The van der Waals surface area contributed by atoms with Crippen molar-refractivity contribution in [2.24, 2.45) is 0 Å². The molecular weight excluding hydrogens is 348 g/mol. The number of aromatic nitrogens is 1. The largest absolute Gasteiger partial charge is 0.417 e. The summed E-state index contributed by atoms with van der Waals surface area (Å²) in [5.41, 5.74) is 6.95. The number of benzene rings is 2. The first-order valence-corrected chi connectivity index (χ1v) is 6.57. The highest BCUT2D eigenvalue weighted by molar-refractivity contribution is 9.10. The third kappa shape index (κ3) is 2.49. The number of hydrogen-bond donors (Lipinski definition) is 3. The number of anilines is 3. The van der Waals surface area contributed by atoms with Gasteiger partial charge in [0.25, 0.3) is 0 Å². The number of rotatable bonds is 2. The van der Waals surface area contributed by atoms with Crippen LogP contribution in [-0.2, 0) is 0 Å². The molecule has 0 unspecified atom stereocenters. The molecule has 3 aromatic rings. The molecule has 3 rings (SSSR count). The van der Waals surface area contributed by atoms with E-state index < -0.39 is 17.4 Å². The number of halogens is 3. The van der Waals surface area contributed by atoms with Crippen LogP contribution < -0.4 is 16.8 Å². The number of nitrogens with two attached hydrogens (primary N) is 1. The Labute approximate surface area is 124 Å². The van der Waals surface area contributed by atoms with Crippen molar-refractivity contribution in [3.8, 4) is 0 Å². The quantitative estimate of drug-likeness (QED) is 0.485. The van der Waals surface area contributed by atoms with E-state index in [4.69, 9.17) is 10.2 Å². The molecule has 0 amide bonds. The van der Waals surface area contributed by atoms with E-state index in [0.717, 1.165) is 12.1 Å². The molecule has 8 heteroatoms. The number of fused-ring (bicyclic) bond motifs is 1. The minimum absolute atomic E-state index is 0.0214.